The van der Waals surface area contributed by atoms with E-state index < -0.39 is 5.66 Å². The Morgan fingerprint density at radius 3 is 2.20 bits per heavy atom. The Hall–Kier alpha value is -0.910. The zero-order valence-electron chi connectivity index (χ0n) is 5.84. The lowest BCUT2D eigenvalue weighted by molar-refractivity contribution is 0.356. The molecule has 0 spiro atoms. The quantitative estimate of drug-likeness (QED) is 0.404. The number of hydrogen-bond acceptors (Lipinski definition) is 2. The van der Waals surface area contributed by atoms with Crippen LogP contribution in [-0.4, -0.2) is 5.66 Å². The number of nitroso groups, excluding NO2 is 1. The molecular weight excluding hydrogens is 128 g/mol. The van der Waals surface area contributed by atoms with Crippen LogP contribution in [0.4, 0.5) is 0 Å². The fraction of sp³-hybridized carbons (Fsp3) is 0.857. The molecule has 0 radical (unpaired) electrons. The minimum Gasteiger partial charge on any atom is -0.282 e. The van der Waals surface area contributed by atoms with Crippen molar-refractivity contribution >= 4 is 0 Å². The van der Waals surface area contributed by atoms with E-state index in [0.29, 0.717) is 12.8 Å². The second-order valence-corrected chi connectivity index (χ2v) is 2.75. The zero-order valence-corrected chi connectivity index (χ0v) is 5.84. The summed E-state index contributed by atoms with van der Waals surface area (Å²) in [7, 11) is 0. The molecule has 0 atom stereocenters. The summed E-state index contributed by atoms with van der Waals surface area (Å²) in [6.45, 7) is 6.78. The van der Waals surface area contributed by atoms with Gasteiger partial charge in [0.1, 0.15) is 0 Å². The van der Waals surface area contributed by atoms with E-state index in [2.05, 4.69) is 10.0 Å². The van der Waals surface area contributed by atoms with E-state index in [4.69, 9.17) is 6.57 Å². The molecule has 0 amide bonds. The average molecular weight is 138 g/mol. The molecule has 3 nitrogen and oxygen atoms in total. The summed E-state index contributed by atoms with van der Waals surface area (Å²) in [5.41, 5.74) is -0.877. The van der Waals surface area contributed by atoms with Crippen molar-refractivity contribution in [2.45, 2.75) is 37.8 Å². The van der Waals surface area contributed by atoms with E-state index in [9.17, 15) is 4.91 Å². The van der Waals surface area contributed by atoms with Gasteiger partial charge in [0, 0.05) is 5.18 Å². The van der Waals surface area contributed by atoms with Crippen molar-refractivity contribution in [2.75, 3.05) is 0 Å². The highest BCUT2D eigenvalue weighted by atomic mass is 16.3. The Morgan fingerprint density at radius 2 is 1.90 bits per heavy atom. The van der Waals surface area contributed by atoms with Crippen LogP contribution < -0.4 is 0 Å². The monoisotopic (exact) mass is 138 g/mol. The Morgan fingerprint density at radius 1 is 1.30 bits per heavy atom. The molecule has 54 valence electrons. The highest BCUT2D eigenvalue weighted by Crippen LogP contribution is 2.32. The SMILES string of the molecule is [C-]#[N+]C1(N=O)CCCCC1. The van der Waals surface area contributed by atoms with E-state index in [1.807, 2.05) is 0 Å². The van der Waals surface area contributed by atoms with E-state index >= 15 is 0 Å². The van der Waals surface area contributed by atoms with E-state index in [0.717, 1.165) is 19.3 Å². The molecule has 3 heteroatoms. The Bertz CT molecular complexity index is 165. The van der Waals surface area contributed by atoms with Crippen molar-refractivity contribution in [1.29, 1.82) is 0 Å². The summed E-state index contributed by atoms with van der Waals surface area (Å²) in [6.07, 6.45) is 4.44. The van der Waals surface area contributed by atoms with Gasteiger partial charge >= 0.3 is 5.66 Å². The average Bonchev–Trinajstić information content (AvgIpc) is 2.06. The molecule has 1 saturated carbocycles. The molecule has 1 aliphatic rings. The number of hydrogen-bond donors (Lipinski definition) is 0. The normalized spacial score (nSPS) is 23.1. The van der Waals surface area contributed by atoms with Gasteiger partial charge in [-0.3, -0.25) is 4.85 Å². The predicted octanol–water partition coefficient (Wildman–Crippen LogP) is 2.33. The van der Waals surface area contributed by atoms with E-state index in [-0.39, 0.29) is 0 Å². The second kappa shape index (κ2) is 2.78. The van der Waals surface area contributed by atoms with Gasteiger partial charge in [0.05, 0.1) is 12.8 Å². The minimum absolute atomic E-state index is 0.667. The fourth-order valence-electron chi connectivity index (χ4n) is 1.34. The molecule has 1 rings (SSSR count). The second-order valence-electron chi connectivity index (χ2n) is 2.75. The lowest BCUT2D eigenvalue weighted by Gasteiger charge is -2.17. The van der Waals surface area contributed by atoms with Gasteiger partial charge in [-0.2, -0.15) is 0 Å². The minimum atomic E-state index is -0.877. The summed E-state index contributed by atoms with van der Waals surface area (Å²) in [5.74, 6) is 0. The predicted molar refractivity (Wildman–Crippen MR) is 38.2 cm³/mol. The van der Waals surface area contributed by atoms with Gasteiger partial charge in [-0.25, -0.2) is 6.57 Å². The first-order chi connectivity index (χ1) is 4.83. The van der Waals surface area contributed by atoms with Crippen LogP contribution in [0.25, 0.3) is 4.85 Å². The first-order valence-electron chi connectivity index (χ1n) is 3.56. The topological polar surface area (TPSA) is 33.8 Å². The van der Waals surface area contributed by atoms with Crippen molar-refractivity contribution in [3.63, 3.8) is 0 Å². The molecule has 0 aromatic rings. The smallest absolute Gasteiger partial charge is 0.282 e. The van der Waals surface area contributed by atoms with Crippen LogP contribution in [0.2, 0.25) is 0 Å². The molecular formula is C7H10N2O. The van der Waals surface area contributed by atoms with Crippen LogP contribution in [-0.2, 0) is 0 Å². The standard InChI is InChI=1S/C7H10N2O/c1-8-7(9-10)5-3-2-4-6-7/h2-6H2. The van der Waals surface area contributed by atoms with Crippen LogP contribution in [0, 0.1) is 11.5 Å². The first-order valence-corrected chi connectivity index (χ1v) is 3.56. The van der Waals surface area contributed by atoms with Gasteiger partial charge in [-0.15, -0.1) is 4.91 Å². The summed E-state index contributed by atoms with van der Waals surface area (Å²) in [4.78, 5) is 13.5. The van der Waals surface area contributed by atoms with Crippen LogP contribution in [0.5, 0.6) is 0 Å². The third-order valence-electron chi connectivity index (χ3n) is 2.03. The summed E-state index contributed by atoms with van der Waals surface area (Å²) < 4.78 is 0. The molecule has 1 aliphatic carbocycles. The molecule has 0 aliphatic heterocycles. The lowest BCUT2D eigenvalue weighted by atomic mass is 9.90. The van der Waals surface area contributed by atoms with Crippen molar-refractivity contribution in [3.8, 4) is 0 Å². The number of rotatable bonds is 1. The van der Waals surface area contributed by atoms with Crippen molar-refractivity contribution in [1.82, 2.24) is 0 Å². The van der Waals surface area contributed by atoms with Gasteiger partial charge in [-0.05, 0) is 12.8 Å². The molecule has 1 fully saturated rings. The Labute approximate surface area is 60.2 Å². The Balaban J connectivity index is 2.63. The van der Waals surface area contributed by atoms with Crippen molar-refractivity contribution < 1.29 is 0 Å². The van der Waals surface area contributed by atoms with Crippen LogP contribution in [0.3, 0.4) is 0 Å². The van der Waals surface area contributed by atoms with Gasteiger partial charge < -0.3 is 0 Å². The first kappa shape index (κ1) is 7.20. The van der Waals surface area contributed by atoms with Crippen LogP contribution >= 0.6 is 0 Å². The van der Waals surface area contributed by atoms with Crippen molar-refractivity contribution in [2.24, 2.45) is 5.18 Å². The maximum Gasteiger partial charge on any atom is 0.359 e. The third-order valence-corrected chi connectivity index (χ3v) is 2.03. The third kappa shape index (κ3) is 1.15. The highest BCUT2D eigenvalue weighted by Gasteiger charge is 2.39. The molecule has 0 saturated heterocycles. The Kier molecular flexibility index (Phi) is 2.00. The zero-order chi connectivity index (χ0) is 7.45. The van der Waals surface area contributed by atoms with Gasteiger partial charge in [0.25, 0.3) is 0 Å². The largest absolute Gasteiger partial charge is 0.359 e. The van der Waals surface area contributed by atoms with Gasteiger partial charge in [-0.1, -0.05) is 6.42 Å². The molecule has 10 heavy (non-hydrogen) atoms. The molecule has 0 unspecified atom stereocenters. The van der Waals surface area contributed by atoms with Crippen LogP contribution in [0.15, 0.2) is 5.18 Å². The maximum atomic E-state index is 10.2. The van der Waals surface area contributed by atoms with Crippen molar-refractivity contribution in [3.05, 3.63) is 16.3 Å². The van der Waals surface area contributed by atoms with Crippen LogP contribution in [0.1, 0.15) is 32.1 Å². The molecule has 0 heterocycles. The summed E-state index contributed by atoms with van der Waals surface area (Å²) in [6, 6.07) is 0. The molecule has 0 N–H and O–H groups in total. The lowest BCUT2D eigenvalue weighted by Crippen LogP contribution is -2.23. The van der Waals surface area contributed by atoms with E-state index in [1.165, 1.54) is 0 Å². The number of nitrogens with zero attached hydrogens (tertiary/aromatic N) is 2. The highest BCUT2D eigenvalue weighted by molar-refractivity contribution is 4.97. The van der Waals surface area contributed by atoms with E-state index in [1.54, 1.807) is 0 Å². The summed E-state index contributed by atoms with van der Waals surface area (Å²) in [5, 5.41) is 2.89. The maximum absolute atomic E-state index is 10.2. The molecule has 0 aromatic carbocycles. The van der Waals surface area contributed by atoms with Gasteiger partial charge in [0.15, 0.2) is 0 Å². The fourth-order valence-corrected chi connectivity index (χ4v) is 1.34. The van der Waals surface area contributed by atoms with Gasteiger partial charge in [0.2, 0.25) is 0 Å². The summed E-state index contributed by atoms with van der Waals surface area (Å²) >= 11 is 0. The molecule has 0 bridgehead atoms. The molecule has 0 aromatic heterocycles.